The second-order valence-electron chi connectivity index (χ2n) is 4.05. The molecule has 0 aliphatic carbocycles. The Labute approximate surface area is 119 Å². The number of hydrogen-bond acceptors (Lipinski definition) is 3. The minimum Gasteiger partial charge on any atom is -0.457 e. The van der Waals surface area contributed by atoms with Crippen LogP contribution in [0.15, 0.2) is 42.5 Å². The number of nitro groups is 1. The third-order valence-corrected chi connectivity index (χ3v) is 3.33. The van der Waals surface area contributed by atoms with Crippen molar-refractivity contribution in [2.45, 2.75) is 12.3 Å². The number of halogens is 1. The number of benzene rings is 2. The predicted octanol–water partition coefficient (Wildman–Crippen LogP) is 4.59. The Hall–Kier alpha value is -1.88. The van der Waals surface area contributed by atoms with Crippen LogP contribution in [0.1, 0.15) is 11.1 Å². The fourth-order valence-corrected chi connectivity index (χ4v) is 2.15. The van der Waals surface area contributed by atoms with E-state index < -0.39 is 4.92 Å². The van der Waals surface area contributed by atoms with Gasteiger partial charge >= 0.3 is 0 Å². The highest BCUT2D eigenvalue weighted by molar-refractivity contribution is 9.08. The van der Waals surface area contributed by atoms with E-state index in [1.807, 2.05) is 24.3 Å². The van der Waals surface area contributed by atoms with Gasteiger partial charge in [0.1, 0.15) is 11.5 Å². The van der Waals surface area contributed by atoms with Gasteiger partial charge in [0, 0.05) is 16.5 Å². The van der Waals surface area contributed by atoms with Gasteiger partial charge in [-0.2, -0.15) is 0 Å². The van der Waals surface area contributed by atoms with E-state index in [1.54, 1.807) is 19.1 Å². The summed E-state index contributed by atoms with van der Waals surface area (Å²) in [6.07, 6.45) is 0. The molecule has 0 N–H and O–H groups in total. The van der Waals surface area contributed by atoms with Crippen LogP contribution in [0.4, 0.5) is 5.69 Å². The zero-order valence-electron chi connectivity index (χ0n) is 10.3. The lowest BCUT2D eigenvalue weighted by atomic mass is 10.2. The standard InChI is InChI=1S/C14H12BrNO3/c1-10-6-7-12(8-13(10)16(17)18)19-14-5-3-2-4-11(14)9-15/h2-8H,9H2,1H3. The van der Waals surface area contributed by atoms with E-state index in [0.29, 0.717) is 22.4 Å². The molecule has 5 heteroatoms. The van der Waals surface area contributed by atoms with Crippen LogP contribution in [-0.4, -0.2) is 4.92 Å². The molecule has 0 saturated carbocycles. The molecule has 2 rings (SSSR count). The first kappa shape index (κ1) is 13.5. The third kappa shape index (κ3) is 3.12. The topological polar surface area (TPSA) is 52.4 Å². The number of alkyl halides is 1. The van der Waals surface area contributed by atoms with Crippen molar-refractivity contribution in [3.63, 3.8) is 0 Å². The van der Waals surface area contributed by atoms with Gasteiger partial charge in [-0.05, 0) is 25.1 Å². The summed E-state index contributed by atoms with van der Waals surface area (Å²) in [5.41, 5.74) is 1.67. The maximum atomic E-state index is 10.9. The summed E-state index contributed by atoms with van der Waals surface area (Å²) in [6, 6.07) is 12.4. The molecular formula is C14H12BrNO3. The molecule has 98 valence electrons. The van der Waals surface area contributed by atoms with Gasteiger partial charge in [0.25, 0.3) is 5.69 Å². The van der Waals surface area contributed by atoms with Crippen LogP contribution in [0.2, 0.25) is 0 Å². The van der Waals surface area contributed by atoms with Gasteiger partial charge in [0.2, 0.25) is 0 Å². The highest BCUT2D eigenvalue weighted by atomic mass is 79.9. The van der Waals surface area contributed by atoms with Crippen molar-refractivity contribution in [2.24, 2.45) is 0 Å². The summed E-state index contributed by atoms with van der Waals surface area (Å²) in [7, 11) is 0. The van der Waals surface area contributed by atoms with Crippen LogP contribution < -0.4 is 4.74 Å². The first-order chi connectivity index (χ1) is 9.11. The monoisotopic (exact) mass is 321 g/mol. The molecule has 0 amide bonds. The zero-order chi connectivity index (χ0) is 13.8. The highest BCUT2D eigenvalue weighted by Gasteiger charge is 2.12. The van der Waals surface area contributed by atoms with Gasteiger partial charge in [0.05, 0.1) is 11.0 Å². The molecule has 4 nitrogen and oxygen atoms in total. The lowest BCUT2D eigenvalue weighted by Gasteiger charge is -2.09. The van der Waals surface area contributed by atoms with Gasteiger partial charge in [-0.15, -0.1) is 0 Å². The molecule has 0 spiro atoms. The van der Waals surface area contributed by atoms with E-state index in [2.05, 4.69) is 15.9 Å². The SMILES string of the molecule is Cc1ccc(Oc2ccccc2CBr)cc1[N+](=O)[O-]. The summed E-state index contributed by atoms with van der Waals surface area (Å²) in [4.78, 5) is 10.5. The normalized spacial score (nSPS) is 10.2. The number of rotatable bonds is 4. The first-order valence-electron chi connectivity index (χ1n) is 5.68. The number of para-hydroxylation sites is 1. The van der Waals surface area contributed by atoms with E-state index in [4.69, 9.17) is 4.74 Å². The largest absolute Gasteiger partial charge is 0.457 e. The van der Waals surface area contributed by atoms with Crippen molar-refractivity contribution >= 4 is 21.6 Å². The van der Waals surface area contributed by atoms with E-state index >= 15 is 0 Å². The van der Waals surface area contributed by atoms with Crippen LogP contribution in [-0.2, 0) is 5.33 Å². The summed E-state index contributed by atoms with van der Waals surface area (Å²) in [5.74, 6) is 1.16. The minimum absolute atomic E-state index is 0.0637. The van der Waals surface area contributed by atoms with Gasteiger partial charge in [-0.25, -0.2) is 0 Å². The quantitative estimate of drug-likeness (QED) is 0.470. The maximum Gasteiger partial charge on any atom is 0.276 e. The van der Waals surface area contributed by atoms with Gasteiger partial charge in [-0.1, -0.05) is 34.1 Å². The average Bonchev–Trinajstić information content (AvgIpc) is 2.41. The molecule has 0 aliphatic rings. The summed E-state index contributed by atoms with van der Waals surface area (Å²) in [5, 5.41) is 11.6. The second kappa shape index (κ2) is 5.84. The molecule has 0 fully saturated rings. The number of nitro benzene ring substituents is 1. The summed E-state index contributed by atoms with van der Waals surface area (Å²) < 4.78 is 5.71. The lowest BCUT2D eigenvalue weighted by molar-refractivity contribution is -0.385. The second-order valence-corrected chi connectivity index (χ2v) is 4.61. The summed E-state index contributed by atoms with van der Waals surface area (Å²) >= 11 is 3.38. The zero-order valence-corrected chi connectivity index (χ0v) is 11.9. The first-order valence-corrected chi connectivity index (χ1v) is 6.80. The molecule has 0 radical (unpaired) electrons. The number of hydrogen-bond donors (Lipinski definition) is 0. The molecule has 0 aliphatic heterocycles. The fourth-order valence-electron chi connectivity index (χ4n) is 1.69. The Bertz CT molecular complexity index is 613. The highest BCUT2D eigenvalue weighted by Crippen LogP contribution is 2.30. The molecule has 2 aromatic carbocycles. The van der Waals surface area contributed by atoms with E-state index in [-0.39, 0.29) is 5.69 Å². The van der Waals surface area contributed by atoms with Crippen LogP contribution in [0, 0.1) is 17.0 Å². The number of aryl methyl sites for hydroxylation is 1. The number of ether oxygens (including phenoxy) is 1. The fraction of sp³-hybridized carbons (Fsp3) is 0.143. The minimum atomic E-state index is -0.404. The molecule has 0 unspecified atom stereocenters. The smallest absolute Gasteiger partial charge is 0.276 e. The Balaban J connectivity index is 2.33. The van der Waals surface area contributed by atoms with Crippen LogP contribution in [0.3, 0.4) is 0 Å². The van der Waals surface area contributed by atoms with Crippen LogP contribution in [0.25, 0.3) is 0 Å². The third-order valence-electron chi connectivity index (χ3n) is 2.72. The molecule has 2 aromatic rings. The predicted molar refractivity (Wildman–Crippen MR) is 77.0 cm³/mol. The molecule has 0 aromatic heterocycles. The van der Waals surface area contributed by atoms with Gasteiger partial charge < -0.3 is 4.74 Å². The van der Waals surface area contributed by atoms with E-state index in [1.165, 1.54) is 6.07 Å². The van der Waals surface area contributed by atoms with Crippen molar-refractivity contribution in [2.75, 3.05) is 0 Å². The van der Waals surface area contributed by atoms with Gasteiger partial charge in [-0.3, -0.25) is 10.1 Å². The van der Waals surface area contributed by atoms with E-state index in [9.17, 15) is 10.1 Å². The molecule has 0 heterocycles. The van der Waals surface area contributed by atoms with E-state index in [0.717, 1.165) is 5.56 Å². The maximum absolute atomic E-state index is 10.9. The summed E-state index contributed by atoms with van der Waals surface area (Å²) in [6.45, 7) is 1.70. The van der Waals surface area contributed by atoms with Gasteiger partial charge in [0.15, 0.2) is 0 Å². The van der Waals surface area contributed by atoms with Crippen molar-refractivity contribution in [3.05, 3.63) is 63.7 Å². The molecular weight excluding hydrogens is 310 g/mol. The Kier molecular flexibility index (Phi) is 4.16. The number of nitrogens with zero attached hydrogens (tertiary/aromatic N) is 1. The van der Waals surface area contributed by atoms with Crippen molar-refractivity contribution in [1.29, 1.82) is 0 Å². The molecule has 19 heavy (non-hydrogen) atoms. The molecule has 0 saturated heterocycles. The Morgan fingerprint density at radius 2 is 2.00 bits per heavy atom. The lowest BCUT2D eigenvalue weighted by Crippen LogP contribution is -1.94. The average molecular weight is 322 g/mol. The van der Waals surface area contributed by atoms with Crippen molar-refractivity contribution < 1.29 is 9.66 Å². The Morgan fingerprint density at radius 3 is 2.68 bits per heavy atom. The van der Waals surface area contributed by atoms with Crippen LogP contribution in [0.5, 0.6) is 11.5 Å². The van der Waals surface area contributed by atoms with Crippen molar-refractivity contribution in [3.8, 4) is 11.5 Å². The molecule has 0 atom stereocenters. The molecule has 0 bridgehead atoms. The van der Waals surface area contributed by atoms with Crippen LogP contribution >= 0.6 is 15.9 Å². The Morgan fingerprint density at radius 1 is 1.26 bits per heavy atom. The van der Waals surface area contributed by atoms with Crippen molar-refractivity contribution in [1.82, 2.24) is 0 Å².